The van der Waals surface area contributed by atoms with Gasteiger partial charge in [-0.2, -0.15) is 0 Å². The van der Waals surface area contributed by atoms with Crippen LogP contribution in [0, 0.1) is 11.6 Å². The number of amides is 1. The summed E-state index contributed by atoms with van der Waals surface area (Å²) in [7, 11) is 0. The van der Waals surface area contributed by atoms with Crippen molar-refractivity contribution in [2.45, 2.75) is 29.3 Å². The van der Waals surface area contributed by atoms with Gasteiger partial charge in [0, 0.05) is 29.7 Å². The molecule has 1 aliphatic heterocycles. The van der Waals surface area contributed by atoms with Crippen molar-refractivity contribution in [3.8, 4) is 0 Å². The zero-order chi connectivity index (χ0) is 19.6. The Bertz CT molecular complexity index is 862. The van der Waals surface area contributed by atoms with Crippen molar-refractivity contribution >= 4 is 35.0 Å². The number of halogens is 2. The van der Waals surface area contributed by atoms with Gasteiger partial charge in [0.1, 0.15) is 11.6 Å². The molecule has 0 spiro atoms. The van der Waals surface area contributed by atoms with Crippen LogP contribution in [-0.4, -0.2) is 45.2 Å². The van der Waals surface area contributed by atoms with Crippen LogP contribution in [0.3, 0.4) is 0 Å². The van der Waals surface area contributed by atoms with Gasteiger partial charge in [0.05, 0.1) is 12.1 Å². The van der Waals surface area contributed by atoms with Crippen molar-refractivity contribution in [3.63, 3.8) is 0 Å². The number of hydrogen-bond acceptors (Lipinski definition) is 6. The van der Waals surface area contributed by atoms with E-state index < -0.39 is 29.7 Å². The molecule has 1 aromatic heterocycles. The van der Waals surface area contributed by atoms with E-state index in [1.807, 2.05) is 0 Å². The van der Waals surface area contributed by atoms with Crippen LogP contribution in [0.1, 0.15) is 34.9 Å². The summed E-state index contributed by atoms with van der Waals surface area (Å²) in [5.41, 5.74) is 6.20. The van der Waals surface area contributed by atoms with E-state index in [1.165, 1.54) is 28.5 Å². The number of nitrogens with two attached hydrogens (primary N) is 1. The lowest BCUT2D eigenvalue weighted by Crippen LogP contribution is -2.42. The van der Waals surface area contributed by atoms with Crippen LogP contribution < -0.4 is 5.73 Å². The number of aromatic nitrogens is 1. The molecule has 27 heavy (non-hydrogen) atoms. The molecule has 2 atom stereocenters. The largest absolute Gasteiger partial charge is 0.476 e. The highest BCUT2D eigenvalue weighted by Gasteiger charge is 2.36. The second-order valence-electron chi connectivity index (χ2n) is 6.04. The van der Waals surface area contributed by atoms with Gasteiger partial charge in [-0.15, -0.1) is 11.3 Å². The van der Waals surface area contributed by atoms with Gasteiger partial charge in [0.25, 0.3) is 0 Å². The van der Waals surface area contributed by atoms with Crippen molar-refractivity contribution in [1.82, 2.24) is 9.88 Å². The summed E-state index contributed by atoms with van der Waals surface area (Å²) < 4.78 is 28.1. The molecular formula is C17H17F2N3O3S2. The number of rotatable bonds is 7. The van der Waals surface area contributed by atoms with E-state index in [4.69, 9.17) is 10.8 Å². The van der Waals surface area contributed by atoms with Gasteiger partial charge in [-0.3, -0.25) is 4.79 Å². The minimum Gasteiger partial charge on any atom is -0.476 e. The summed E-state index contributed by atoms with van der Waals surface area (Å²) in [6.07, 6.45) is 0.779. The standard InChI is InChI=1S/C17H17F2N3O3S2/c18-9-1-2-11(19)10(7-9)15(20)13-3-4-14(23)22(13)5-6-26-17-21-12(8-27-17)16(24)25/h1-2,7-8,13,15H,3-6,20H2,(H,24,25)/t13-,15?/m1/s1. The molecule has 1 aromatic carbocycles. The van der Waals surface area contributed by atoms with E-state index in [1.54, 1.807) is 4.90 Å². The molecule has 1 saturated heterocycles. The SMILES string of the molecule is NC(c1cc(F)ccc1F)[C@H]1CCC(=O)N1CCSc1nc(C(=O)O)cs1. The summed E-state index contributed by atoms with van der Waals surface area (Å²) in [5.74, 6) is -1.85. The lowest BCUT2D eigenvalue weighted by atomic mass is 9.97. The molecule has 3 rings (SSSR count). The van der Waals surface area contributed by atoms with Crippen molar-refractivity contribution in [2.24, 2.45) is 5.73 Å². The first-order valence-electron chi connectivity index (χ1n) is 8.18. The summed E-state index contributed by atoms with van der Waals surface area (Å²) in [4.78, 5) is 28.6. The molecule has 1 unspecified atom stereocenters. The van der Waals surface area contributed by atoms with Crippen molar-refractivity contribution in [2.75, 3.05) is 12.3 Å². The van der Waals surface area contributed by atoms with Crippen molar-refractivity contribution < 1.29 is 23.5 Å². The molecule has 3 N–H and O–H groups in total. The summed E-state index contributed by atoms with van der Waals surface area (Å²) in [5, 5.41) is 10.3. The average molecular weight is 413 g/mol. The number of likely N-dealkylation sites (tertiary alicyclic amines) is 1. The predicted octanol–water partition coefficient (Wildman–Crippen LogP) is 2.90. The molecule has 0 radical (unpaired) electrons. The molecule has 0 bridgehead atoms. The Morgan fingerprint density at radius 3 is 2.96 bits per heavy atom. The van der Waals surface area contributed by atoms with Crippen LogP contribution in [0.2, 0.25) is 0 Å². The average Bonchev–Trinajstić information content (AvgIpc) is 3.24. The van der Waals surface area contributed by atoms with Gasteiger partial charge in [-0.25, -0.2) is 18.6 Å². The van der Waals surface area contributed by atoms with Gasteiger partial charge in [0.2, 0.25) is 5.91 Å². The van der Waals surface area contributed by atoms with Gasteiger partial charge in [0.15, 0.2) is 10.0 Å². The normalized spacial score (nSPS) is 18.1. The molecule has 1 aliphatic rings. The number of thiazole rings is 1. The summed E-state index contributed by atoms with van der Waals surface area (Å²) in [6.45, 7) is 0.362. The number of benzene rings is 1. The lowest BCUT2D eigenvalue weighted by Gasteiger charge is -2.30. The number of aromatic carboxylic acids is 1. The van der Waals surface area contributed by atoms with Crippen LogP contribution in [0.15, 0.2) is 27.9 Å². The number of carbonyl (C=O) groups excluding carboxylic acids is 1. The molecule has 0 aliphatic carbocycles. The second-order valence-corrected chi connectivity index (χ2v) is 8.24. The Morgan fingerprint density at radius 1 is 1.48 bits per heavy atom. The maximum absolute atomic E-state index is 14.0. The quantitative estimate of drug-likeness (QED) is 0.678. The zero-order valence-corrected chi connectivity index (χ0v) is 15.7. The Hall–Kier alpha value is -2.04. The van der Waals surface area contributed by atoms with E-state index in [-0.39, 0.29) is 17.2 Å². The summed E-state index contributed by atoms with van der Waals surface area (Å²) in [6, 6.07) is 1.89. The first-order chi connectivity index (χ1) is 12.9. The third kappa shape index (κ3) is 4.45. The number of carboxylic acid groups (broad SMARTS) is 1. The van der Waals surface area contributed by atoms with Crippen LogP contribution in [0.25, 0.3) is 0 Å². The highest BCUT2D eigenvalue weighted by Crippen LogP contribution is 2.31. The second kappa shape index (κ2) is 8.32. The van der Waals surface area contributed by atoms with E-state index in [9.17, 15) is 18.4 Å². The Labute approximate surface area is 162 Å². The highest BCUT2D eigenvalue weighted by atomic mass is 32.2. The molecule has 2 aromatic rings. The molecule has 10 heteroatoms. The van der Waals surface area contributed by atoms with Gasteiger partial charge in [-0.1, -0.05) is 11.8 Å². The predicted molar refractivity (Wildman–Crippen MR) is 97.8 cm³/mol. The Kier molecular flexibility index (Phi) is 6.08. The number of carboxylic acids is 1. The number of nitrogens with zero attached hydrogens (tertiary/aromatic N) is 2. The van der Waals surface area contributed by atoms with Gasteiger partial charge in [-0.05, 0) is 24.6 Å². The van der Waals surface area contributed by atoms with Gasteiger partial charge < -0.3 is 15.7 Å². The van der Waals surface area contributed by atoms with E-state index in [0.29, 0.717) is 29.5 Å². The fraction of sp³-hybridized carbons (Fsp3) is 0.353. The lowest BCUT2D eigenvalue weighted by molar-refractivity contribution is -0.128. The van der Waals surface area contributed by atoms with Gasteiger partial charge >= 0.3 is 5.97 Å². The smallest absolute Gasteiger partial charge is 0.355 e. The topological polar surface area (TPSA) is 96.5 Å². The number of carbonyl (C=O) groups is 2. The van der Waals surface area contributed by atoms with Crippen LogP contribution in [0.5, 0.6) is 0 Å². The highest BCUT2D eigenvalue weighted by molar-refractivity contribution is 8.01. The maximum Gasteiger partial charge on any atom is 0.355 e. The molecular weight excluding hydrogens is 396 g/mol. The third-order valence-corrected chi connectivity index (χ3v) is 6.37. The molecule has 1 fully saturated rings. The fourth-order valence-corrected chi connectivity index (χ4v) is 4.86. The molecule has 2 heterocycles. The van der Waals surface area contributed by atoms with E-state index in [2.05, 4.69) is 4.98 Å². The number of thioether (sulfide) groups is 1. The third-order valence-electron chi connectivity index (χ3n) is 4.37. The van der Waals surface area contributed by atoms with Crippen molar-refractivity contribution in [3.05, 3.63) is 46.5 Å². The minimum atomic E-state index is -1.09. The Balaban J connectivity index is 1.65. The number of hydrogen-bond donors (Lipinski definition) is 2. The van der Waals surface area contributed by atoms with E-state index >= 15 is 0 Å². The molecule has 1 amide bonds. The minimum absolute atomic E-state index is 0.0128. The maximum atomic E-state index is 14.0. The molecule has 144 valence electrons. The first kappa shape index (κ1) is 19.7. The fourth-order valence-electron chi connectivity index (χ4n) is 3.05. The molecule has 0 saturated carbocycles. The van der Waals surface area contributed by atoms with Crippen LogP contribution in [-0.2, 0) is 4.79 Å². The Morgan fingerprint density at radius 2 is 2.26 bits per heavy atom. The monoisotopic (exact) mass is 413 g/mol. The summed E-state index contributed by atoms with van der Waals surface area (Å²) >= 11 is 2.56. The molecule has 6 nitrogen and oxygen atoms in total. The van der Waals surface area contributed by atoms with Crippen LogP contribution >= 0.6 is 23.1 Å². The van der Waals surface area contributed by atoms with E-state index in [0.717, 1.165) is 18.2 Å². The van der Waals surface area contributed by atoms with Crippen LogP contribution in [0.4, 0.5) is 8.78 Å². The van der Waals surface area contributed by atoms with Crippen molar-refractivity contribution in [1.29, 1.82) is 0 Å². The zero-order valence-electron chi connectivity index (χ0n) is 14.1. The first-order valence-corrected chi connectivity index (χ1v) is 10.0.